The fraction of sp³-hybridized carbons (Fsp3) is 0.222. The van der Waals surface area contributed by atoms with Crippen molar-refractivity contribution >= 4 is 15.7 Å². The molecule has 0 aliphatic carbocycles. The number of nitro benzene ring substituents is 1. The fourth-order valence-electron chi connectivity index (χ4n) is 2.61. The van der Waals surface area contributed by atoms with E-state index in [-0.39, 0.29) is 28.8 Å². The van der Waals surface area contributed by atoms with Gasteiger partial charge in [0.05, 0.1) is 36.1 Å². The number of hydrogen-bond acceptors (Lipinski definition) is 9. The molecule has 30 heavy (non-hydrogen) atoms. The van der Waals surface area contributed by atoms with Crippen LogP contribution in [0.4, 0.5) is 5.69 Å². The first kappa shape index (κ1) is 21.2. The van der Waals surface area contributed by atoms with Gasteiger partial charge in [-0.25, -0.2) is 13.1 Å². The molecule has 3 rings (SSSR count). The molecular formula is C18H18N4O7S. The van der Waals surface area contributed by atoms with E-state index < -0.39 is 14.9 Å². The fourth-order valence-corrected chi connectivity index (χ4v) is 3.61. The Kier molecular flexibility index (Phi) is 5.99. The highest BCUT2D eigenvalue weighted by Crippen LogP contribution is 2.31. The van der Waals surface area contributed by atoms with E-state index in [1.165, 1.54) is 33.3 Å². The van der Waals surface area contributed by atoms with E-state index >= 15 is 0 Å². The Morgan fingerprint density at radius 3 is 2.60 bits per heavy atom. The molecule has 0 aliphatic rings. The van der Waals surface area contributed by atoms with Crippen LogP contribution in [0.25, 0.3) is 11.4 Å². The van der Waals surface area contributed by atoms with Crippen molar-refractivity contribution in [3.63, 3.8) is 0 Å². The summed E-state index contributed by atoms with van der Waals surface area (Å²) in [5.41, 5.74) is 0.601. The predicted octanol–water partition coefficient (Wildman–Crippen LogP) is 2.45. The number of nitro groups is 1. The molecule has 158 valence electrons. The van der Waals surface area contributed by atoms with Crippen LogP contribution >= 0.6 is 0 Å². The van der Waals surface area contributed by atoms with Crippen molar-refractivity contribution in [2.45, 2.75) is 18.4 Å². The normalized spacial score (nSPS) is 11.3. The number of benzene rings is 2. The van der Waals surface area contributed by atoms with Crippen LogP contribution in [0.3, 0.4) is 0 Å². The standard InChI is InChI=1S/C18H18N4O7S/c1-11-4-6-13(9-15(11)22(23)24)30(25,26)19-10-17-20-18(21-29-17)14-7-5-12(27-2)8-16(14)28-3/h4-9,19H,10H2,1-3H3. The largest absolute Gasteiger partial charge is 0.497 e. The monoisotopic (exact) mass is 434 g/mol. The topological polar surface area (TPSA) is 147 Å². The van der Waals surface area contributed by atoms with Gasteiger partial charge in [-0.2, -0.15) is 4.98 Å². The molecule has 0 saturated carbocycles. The smallest absolute Gasteiger partial charge is 0.273 e. The summed E-state index contributed by atoms with van der Waals surface area (Å²) in [6, 6.07) is 8.68. The quantitative estimate of drug-likeness (QED) is 0.417. The second-order valence-corrected chi connectivity index (χ2v) is 7.87. The molecule has 2 aromatic carbocycles. The van der Waals surface area contributed by atoms with Gasteiger partial charge < -0.3 is 14.0 Å². The highest BCUT2D eigenvalue weighted by atomic mass is 32.2. The molecule has 12 heteroatoms. The lowest BCUT2D eigenvalue weighted by Crippen LogP contribution is -2.23. The predicted molar refractivity (Wildman–Crippen MR) is 105 cm³/mol. The van der Waals surface area contributed by atoms with E-state index in [9.17, 15) is 18.5 Å². The molecule has 0 aliphatic heterocycles. The van der Waals surface area contributed by atoms with Gasteiger partial charge in [-0.3, -0.25) is 10.1 Å². The van der Waals surface area contributed by atoms with Crippen molar-refractivity contribution in [2.24, 2.45) is 0 Å². The number of hydrogen-bond donors (Lipinski definition) is 1. The zero-order valence-corrected chi connectivity index (χ0v) is 17.1. The average Bonchev–Trinajstić information content (AvgIpc) is 3.20. The molecule has 0 spiro atoms. The number of sulfonamides is 1. The molecule has 1 N–H and O–H groups in total. The van der Waals surface area contributed by atoms with E-state index in [1.807, 2.05) is 0 Å². The maximum atomic E-state index is 12.5. The Labute approximate surface area is 171 Å². The third kappa shape index (κ3) is 4.39. The lowest BCUT2D eigenvalue weighted by atomic mass is 10.2. The van der Waals surface area contributed by atoms with Gasteiger partial charge >= 0.3 is 0 Å². The van der Waals surface area contributed by atoms with Crippen LogP contribution in [0.5, 0.6) is 11.5 Å². The molecule has 0 atom stereocenters. The molecular weight excluding hydrogens is 416 g/mol. The zero-order chi connectivity index (χ0) is 21.9. The van der Waals surface area contributed by atoms with Crippen molar-refractivity contribution in [1.29, 1.82) is 0 Å². The van der Waals surface area contributed by atoms with Crippen molar-refractivity contribution in [1.82, 2.24) is 14.9 Å². The minimum Gasteiger partial charge on any atom is -0.497 e. The molecule has 1 heterocycles. The van der Waals surface area contributed by atoms with Crippen molar-refractivity contribution in [3.8, 4) is 22.9 Å². The summed E-state index contributed by atoms with van der Waals surface area (Å²) in [7, 11) is -1.03. The van der Waals surface area contributed by atoms with Gasteiger partial charge in [0, 0.05) is 17.7 Å². The lowest BCUT2D eigenvalue weighted by Gasteiger charge is -2.07. The van der Waals surface area contributed by atoms with Crippen LogP contribution in [-0.4, -0.2) is 37.7 Å². The van der Waals surface area contributed by atoms with Crippen LogP contribution in [0.15, 0.2) is 45.8 Å². The molecule has 0 fully saturated rings. The number of ether oxygens (including phenoxy) is 2. The van der Waals surface area contributed by atoms with Crippen molar-refractivity contribution in [3.05, 3.63) is 58.0 Å². The Morgan fingerprint density at radius 1 is 1.17 bits per heavy atom. The molecule has 0 amide bonds. The summed E-state index contributed by atoms with van der Waals surface area (Å²) in [6.07, 6.45) is 0. The van der Waals surface area contributed by atoms with Crippen molar-refractivity contribution < 1.29 is 27.3 Å². The second-order valence-electron chi connectivity index (χ2n) is 6.11. The first-order valence-corrected chi connectivity index (χ1v) is 10.0. The summed E-state index contributed by atoms with van der Waals surface area (Å²) in [5.74, 6) is 1.25. The minimum absolute atomic E-state index is 0.00746. The van der Waals surface area contributed by atoms with E-state index in [2.05, 4.69) is 14.9 Å². The highest BCUT2D eigenvalue weighted by Gasteiger charge is 2.21. The number of aryl methyl sites for hydroxylation is 1. The van der Waals surface area contributed by atoms with Crippen LogP contribution in [0.2, 0.25) is 0 Å². The summed E-state index contributed by atoms with van der Waals surface area (Å²) in [5, 5.41) is 14.9. The molecule has 0 radical (unpaired) electrons. The maximum Gasteiger partial charge on any atom is 0.273 e. The number of nitrogens with zero attached hydrogens (tertiary/aromatic N) is 3. The SMILES string of the molecule is COc1ccc(-c2noc(CNS(=O)(=O)c3ccc(C)c([N+](=O)[O-])c3)n2)c(OC)c1. The zero-order valence-electron chi connectivity index (χ0n) is 16.3. The third-order valence-corrected chi connectivity index (χ3v) is 5.62. The van der Waals surface area contributed by atoms with Crippen LogP contribution in [-0.2, 0) is 16.6 Å². The van der Waals surface area contributed by atoms with Crippen LogP contribution in [0.1, 0.15) is 11.5 Å². The maximum absolute atomic E-state index is 12.5. The Hall–Kier alpha value is -3.51. The van der Waals surface area contributed by atoms with Gasteiger partial charge in [0.15, 0.2) is 0 Å². The third-order valence-electron chi connectivity index (χ3n) is 4.22. The Morgan fingerprint density at radius 2 is 1.93 bits per heavy atom. The summed E-state index contributed by atoms with van der Waals surface area (Å²) in [6.45, 7) is 1.23. The van der Waals surface area contributed by atoms with E-state index in [0.717, 1.165) is 6.07 Å². The van der Waals surface area contributed by atoms with E-state index in [0.29, 0.717) is 22.6 Å². The molecule has 0 bridgehead atoms. The van der Waals surface area contributed by atoms with Gasteiger partial charge in [0.1, 0.15) is 11.5 Å². The highest BCUT2D eigenvalue weighted by molar-refractivity contribution is 7.89. The first-order valence-electron chi connectivity index (χ1n) is 8.55. The molecule has 11 nitrogen and oxygen atoms in total. The number of aromatic nitrogens is 2. The lowest BCUT2D eigenvalue weighted by molar-refractivity contribution is -0.385. The van der Waals surface area contributed by atoms with Gasteiger partial charge in [0.25, 0.3) is 5.69 Å². The summed E-state index contributed by atoms with van der Waals surface area (Å²) >= 11 is 0. The molecule has 1 aromatic heterocycles. The summed E-state index contributed by atoms with van der Waals surface area (Å²) in [4.78, 5) is 14.3. The van der Waals surface area contributed by atoms with Crippen LogP contribution in [0, 0.1) is 17.0 Å². The van der Waals surface area contributed by atoms with E-state index in [1.54, 1.807) is 18.2 Å². The molecule has 0 saturated heterocycles. The first-order chi connectivity index (χ1) is 14.2. The molecule has 0 unspecified atom stereocenters. The van der Waals surface area contributed by atoms with Crippen molar-refractivity contribution in [2.75, 3.05) is 14.2 Å². The number of rotatable bonds is 8. The average molecular weight is 434 g/mol. The Bertz CT molecular complexity index is 1190. The second kappa shape index (κ2) is 8.47. The van der Waals surface area contributed by atoms with Gasteiger partial charge in [-0.05, 0) is 25.1 Å². The number of methoxy groups -OCH3 is 2. The van der Waals surface area contributed by atoms with Gasteiger partial charge in [-0.1, -0.05) is 11.2 Å². The summed E-state index contributed by atoms with van der Waals surface area (Å²) < 4.78 is 42.8. The van der Waals surface area contributed by atoms with Gasteiger partial charge in [-0.15, -0.1) is 0 Å². The minimum atomic E-state index is -4.03. The van der Waals surface area contributed by atoms with Crippen LogP contribution < -0.4 is 14.2 Å². The molecule has 3 aromatic rings. The van der Waals surface area contributed by atoms with E-state index in [4.69, 9.17) is 14.0 Å². The van der Waals surface area contributed by atoms with Gasteiger partial charge in [0.2, 0.25) is 21.7 Å². The number of nitrogens with one attached hydrogen (secondary N) is 1. The Balaban J connectivity index is 1.79.